The molecule has 1 nitrogen and oxygen atoms in total. The maximum Gasteiger partial charge on any atom is 0.220 e. The van der Waals surface area contributed by atoms with Crippen LogP contribution in [0.15, 0.2) is 79.0 Å². The molecule has 1 aromatic heterocycles. The van der Waals surface area contributed by atoms with E-state index in [1.807, 2.05) is 0 Å². The van der Waals surface area contributed by atoms with Crippen LogP contribution in [0.2, 0.25) is 0 Å². The normalized spacial score (nSPS) is 11.3. The Balaban J connectivity index is 1.91. The first-order chi connectivity index (χ1) is 14.1. The summed E-state index contributed by atoms with van der Waals surface area (Å²) >= 11 is 0. The highest BCUT2D eigenvalue weighted by Crippen LogP contribution is 2.33. The number of hydrogen-bond acceptors (Lipinski definition) is 0. The SMILES string of the molecule is CCC(CC)c1ccc2c(-c3cc(-c4ccccc4)ccc3C)[n+](C)ccc2c1. The van der Waals surface area contributed by atoms with Gasteiger partial charge in [0, 0.05) is 6.07 Å². The maximum atomic E-state index is 2.40. The van der Waals surface area contributed by atoms with Crippen LogP contribution < -0.4 is 4.57 Å². The van der Waals surface area contributed by atoms with Crippen molar-refractivity contribution in [1.29, 1.82) is 0 Å². The van der Waals surface area contributed by atoms with Gasteiger partial charge in [-0.05, 0) is 65.5 Å². The molecule has 0 atom stereocenters. The topological polar surface area (TPSA) is 3.88 Å². The lowest BCUT2D eigenvalue weighted by Crippen LogP contribution is -2.30. The van der Waals surface area contributed by atoms with E-state index in [2.05, 4.69) is 111 Å². The molecule has 0 aliphatic rings. The summed E-state index contributed by atoms with van der Waals surface area (Å²) in [6.07, 6.45) is 4.57. The van der Waals surface area contributed by atoms with E-state index in [1.165, 1.54) is 57.1 Å². The van der Waals surface area contributed by atoms with Crippen LogP contribution >= 0.6 is 0 Å². The zero-order valence-electron chi connectivity index (χ0n) is 17.9. The number of hydrogen-bond donors (Lipinski definition) is 0. The fourth-order valence-electron chi connectivity index (χ4n) is 4.43. The van der Waals surface area contributed by atoms with Gasteiger partial charge < -0.3 is 0 Å². The smallest absolute Gasteiger partial charge is 0.200 e. The predicted molar refractivity (Wildman–Crippen MR) is 124 cm³/mol. The Morgan fingerprint density at radius 2 is 1.55 bits per heavy atom. The van der Waals surface area contributed by atoms with Crippen LogP contribution in [0.4, 0.5) is 0 Å². The molecule has 4 aromatic rings. The number of nitrogens with zero attached hydrogens (tertiary/aromatic N) is 1. The second-order valence-electron chi connectivity index (χ2n) is 8.03. The Bertz CT molecular complexity index is 1140. The first kappa shape index (κ1) is 19.4. The number of rotatable bonds is 5. The highest BCUT2D eigenvalue weighted by Gasteiger charge is 2.19. The Labute approximate surface area is 174 Å². The molecule has 1 heteroatoms. The molecule has 0 aliphatic carbocycles. The molecule has 0 aliphatic heterocycles. The third kappa shape index (κ3) is 3.70. The van der Waals surface area contributed by atoms with Gasteiger partial charge in [0.05, 0.1) is 10.9 Å². The van der Waals surface area contributed by atoms with Gasteiger partial charge in [-0.1, -0.05) is 68.4 Å². The van der Waals surface area contributed by atoms with Gasteiger partial charge in [-0.15, -0.1) is 0 Å². The molecule has 0 unspecified atom stereocenters. The van der Waals surface area contributed by atoms with E-state index in [0.29, 0.717) is 5.92 Å². The van der Waals surface area contributed by atoms with Crippen LogP contribution in [0.5, 0.6) is 0 Å². The minimum atomic E-state index is 0.639. The van der Waals surface area contributed by atoms with Gasteiger partial charge in [-0.3, -0.25) is 0 Å². The van der Waals surface area contributed by atoms with Gasteiger partial charge in [0.2, 0.25) is 5.69 Å². The van der Waals surface area contributed by atoms with Crippen molar-refractivity contribution >= 4 is 10.8 Å². The maximum absolute atomic E-state index is 2.40. The van der Waals surface area contributed by atoms with Crippen molar-refractivity contribution in [3.05, 3.63) is 90.1 Å². The van der Waals surface area contributed by atoms with Crippen molar-refractivity contribution < 1.29 is 4.57 Å². The molecule has 0 saturated heterocycles. The van der Waals surface area contributed by atoms with Gasteiger partial charge in [0.25, 0.3) is 0 Å². The van der Waals surface area contributed by atoms with E-state index in [0.717, 1.165) is 0 Å². The third-order valence-electron chi connectivity index (χ3n) is 6.22. The second-order valence-corrected chi connectivity index (χ2v) is 8.03. The number of benzene rings is 3. The summed E-state index contributed by atoms with van der Waals surface area (Å²) in [5, 5.41) is 2.64. The Hall–Kier alpha value is -2.93. The fourth-order valence-corrected chi connectivity index (χ4v) is 4.43. The summed E-state index contributed by atoms with van der Waals surface area (Å²) in [4.78, 5) is 0. The lowest BCUT2D eigenvalue weighted by Gasteiger charge is -2.15. The summed E-state index contributed by atoms with van der Waals surface area (Å²) in [6, 6.07) is 26.8. The molecule has 0 spiro atoms. The average molecular weight is 381 g/mol. The van der Waals surface area contributed by atoms with E-state index in [9.17, 15) is 0 Å². The van der Waals surface area contributed by atoms with Gasteiger partial charge in [-0.2, -0.15) is 0 Å². The molecule has 146 valence electrons. The van der Waals surface area contributed by atoms with Gasteiger partial charge in [-0.25, -0.2) is 4.57 Å². The van der Waals surface area contributed by atoms with Crippen LogP contribution in [0.25, 0.3) is 33.2 Å². The first-order valence-corrected chi connectivity index (χ1v) is 10.7. The lowest BCUT2D eigenvalue weighted by molar-refractivity contribution is -0.659. The van der Waals surface area contributed by atoms with Crippen molar-refractivity contribution in [2.75, 3.05) is 0 Å². The molecule has 0 saturated carbocycles. The summed E-state index contributed by atoms with van der Waals surface area (Å²) < 4.78 is 2.26. The summed E-state index contributed by atoms with van der Waals surface area (Å²) in [7, 11) is 2.15. The zero-order valence-corrected chi connectivity index (χ0v) is 17.9. The van der Waals surface area contributed by atoms with Gasteiger partial charge in [0.1, 0.15) is 7.05 Å². The average Bonchev–Trinajstić information content (AvgIpc) is 2.76. The summed E-state index contributed by atoms with van der Waals surface area (Å²) in [5.74, 6) is 0.639. The van der Waals surface area contributed by atoms with Crippen LogP contribution in [0.1, 0.15) is 43.7 Å². The standard InChI is InChI=1S/C28H30N/c1-5-21(6-2)23-14-15-26-25(18-23)16-17-29(4)28(26)27-19-24(13-12-20(27)3)22-10-8-7-9-11-22/h7-19,21H,5-6H2,1-4H3/q+1. The number of pyridine rings is 1. The molecular formula is C28H30N+. The monoisotopic (exact) mass is 380 g/mol. The second kappa shape index (κ2) is 8.21. The van der Waals surface area contributed by atoms with Crippen LogP contribution in [-0.4, -0.2) is 0 Å². The molecule has 3 aromatic carbocycles. The molecule has 0 bridgehead atoms. The van der Waals surface area contributed by atoms with Crippen LogP contribution in [0, 0.1) is 6.92 Å². The molecule has 29 heavy (non-hydrogen) atoms. The lowest BCUT2D eigenvalue weighted by atomic mass is 9.90. The Morgan fingerprint density at radius 3 is 2.28 bits per heavy atom. The molecule has 1 heterocycles. The minimum Gasteiger partial charge on any atom is -0.200 e. The highest BCUT2D eigenvalue weighted by atomic mass is 14.9. The molecule has 0 amide bonds. The van der Waals surface area contributed by atoms with Crippen molar-refractivity contribution in [2.45, 2.75) is 39.5 Å². The quantitative estimate of drug-likeness (QED) is 0.322. The van der Waals surface area contributed by atoms with Crippen molar-refractivity contribution in [2.24, 2.45) is 7.05 Å². The van der Waals surface area contributed by atoms with Crippen LogP contribution in [0.3, 0.4) is 0 Å². The van der Waals surface area contributed by atoms with E-state index in [-0.39, 0.29) is 0 Å². The van der Waals surface area contributed by atoms with E-state index >= 15 is 0 Å². The molecule has 0 N–H and O–H groups in total. The van der Waals surface area contributed by atoms with Crippen molar-refractivity contribution in [3.8, 4) is 22.4 Å². The highest BCUT2D eigenvalue weighted by molar-refractivity contribution is 5.94. The molecule has 4 rings (SSSR count). The third-order valence-corrected chi connectivity index (χ3v) is 6.22. The predicted octanol–water partition coefficient (Wildman–Crippen LogP) is 7.21. The number of fused-ring (bicyclic) bond motifs is 1. The van der Waals surface area contributed by atoms with Crippen molar-refractivity contribution in [3.63, 3.8) is 0 Å². The Kier molecular flexibility index (Phi) is 5.49. The largest absolute Gasteiger partial charge is 0.220 e. The minimum absolute atomic E-state index is 0.639. The summed E-state index contributed by atoms with van der Waals surface area (Å²) in [5.41, 5.74) is 7.86. The summed E-state index contributed by atoms with van der Waals surface area (Å²) in [6.45, 7) is 6.78. The van der Waals surface area contributed by atoms with E-state index < -0.39 is 0 Å². The van der Waals surface area contributed by atoms with E-state index in [4.69, 9.17) is 0 Å². The van der Waals surface area contributed by atoms with Crippen molar-refractivity contribution in [1.82, 2.24) is 0 Å². The molecule has 0 fully saturated rings. The number of aromatic nitrogens is 1. The van der Waals surface area contributed by atoms with Crippen LogP contribution in [-0.2, 0) is 7.05 Å². The fraction of sp³-hybridized carbons (Fsp3) is 0.250. The zero-order chi connectivity index (χ0) is 20.4. The van der Waals surface area contributed by atoms with Gasteiger partial charge in [0.15, 0.2) is 6.20 Å². The number of aryl methyl sites for hydroxylation is 2. The Morgan fingerprint density at radius 1 is 0.793 bits per heavy atom. The molecule has 0 radical (unpaired) electrons. The molecular weight excluding hydrogens is 350 g/mol. The van der Waals surface area contributed by atoms with E-state index in [1.54, 1.807) is 0 Å². The first-order valence-electron chi connectivity index (χ1n) is 10.7. The van der Waals surface area contributed by atoms with Gasteiger partial charge >= 0.3 is 0 Å².